The van der Waals surface area contributed by atoms with Gasteiger partial charge in [0.1, 0.15) is 23.4 Å². The Bertz CT molecular complexity index is 1100. The third-order valence-electron chi connectivity index (χ3n) is 6.13. The molecule has 0 saturated carbocycles. The van der Waals surface area contributed by atoms with Crippen molar-refractivity contribution < 1.29 is 29.3 Å². The second-order valence-corrected chi connectivity index (χ2v) is 10.8. The van der Waals surface area contributed by atoms with E-state index in [-0.39, 0.29) is 30.3 Å². The van der Waals surface area contributed by atoms with Gasteiger partial charge in [-0.15, -0.1) is 0 Å². The molecule has 0 aromatic heterocycles. The number of hydrogen-bond acceptors (Lipinski definition) is 6. The van der Waals surface area contributed by atoms with Crippen LogP contribution >= 0.6 is 0 Å². The Morgan fingerprint density at radius 3 is 2.28 bits per heavy atom. The SMILES string of the molecule is CCCC(C)NC(=O)C(c1cccc(C)c1O)N(CCO)C(=O)C(Cc1ccccc1)NC(=O)OC(C)(C)C. The van der Waals surface area contributed by atoms with Gasteiger partial charge in [0.2, 0.25) is 11.8 Å². The second-order valence-electron chi connectivity index (χ2n) is 10.8. The third-order valence-corrected chi connectivity index (χ3v) is 6.13. The minimum Gasteiger partial charge on any atom is -0.507 e. The number of phenolic OH excluding ortho intramolecular Hbond substituents is 1. The predicted octanol–water partition coefficient (Wildman–Crippen LogP) is 4.00. The Hall–Kier alpha value is -3.59. The van der Waals surface area contributed by atoms with E-state index in [0.717, 1.165) is 18.4 Å². The zero-order chi connectivity index (χ0) is 29.2. The monoisotopic (exact) mass is 541 g/mol. The molecule has 0 aliphatic rings. The summed E-state index contributed by atoms with van der Waals surface area (Å²) in [6.07, 6.45) is 0.918. The predicted molar refractivity (Wildman–Crippen MR) is 150 cm³/mol. The van der Waals surface area contributed by atoms with Gasteiger partial charge < -0.3 is 30.5 Å². The first-order chi connectivity index (χ1) is 18.4. The molecule has 214 valence electrons. The van der Waals surface area contributed by atoms with Crippen molar-refractivity contribution in [3.05, 3.63) is 65.2 Å². The van der Waals surface area contributed by atoms with Crippen molar-refractivity contribution in [2.45, 2.75) is 84.5 Å². The number of hydrogen-bond donors (Lipinski definition) is 4. The molecule has 2 aromatic rings. The molecule has 2 aromatic carbocycles. The molecule has 2 rings (SSSR count). The molecular formula is C30H43N3O6. The number of phenols is 1. The largest absolute Gasteiger partial charge is 0.507 e. The van der Waals surface area contributed by atoms with E-state index in [1.165, 1.54) is 4.90 Å². The molecule has 0 aliphatic heterocycles. The van der Waals surface area contributed by atoms with Crippen molar-refractivity contribution in [2.24, 2.45) is 0 Å². The van der Waals surface area contributed by atoms with Crippen LogP contribution in [0, 0.1) is 6.92 Å². The molecule has 0 heterocycles. The van der Waals surface area contributed by atoms with Gasteiger partial charge in [0.05, 0.1) is 6.61 Å². The summed E-state index contributed by atoms with van der Waals surface area (Å²) in [6.45, 7) is 10.1. The van der Waals surface area contributed by atoms with Crippen LogP contribution in [-0.2, 0) is 20.7 Å². The van der Waals surface area contributed by atoms with Gasteiger partial charge in [0, 0.05) is 24.6 Å². The number of aryl methyl sites for hydroxylation is 1. The van der Waals surface area contributed by atoms with Crippen LogP contribution in [0.5, 0.6) is 5.75 Å². The first kappa shape index (κ1) is 31.6. The summed E-state index contributed by atoms with van der Waals surface area (Å²) in [6, 6.07) is 11.6. The number of ether oxygens (including phenoxy) is 1. The number of alkyl carbamates (subject to hydrolysis) is 1. The van der Waals surface area contributed by atoms with Gasteiger partial charge in [-0.2, -0.15) is 0 Å². The van der Waals surface area contributed by atoms with E-state index in [4.69, 9.17) is 4.74 Å². The highest BCUT2D eigenvalue weighted by Crippen LogP contribution is 2.32. The molecule has 0 bridgehead atoms. The highest BCUT2D eigenvalue weighted by molar-refractivity contribution is 5.93. The second kappa shape index (κ2) is 14.5. The number of aliphatic hydroxyl groups excluding tert-OH is 1. The van der Waals surface area contributed by atoms with E-state index in [1.54, 1.807) is 45.9 Å². The maximum atomic E-state index is 14.1. The molecule has 4 N–H and O–H groups in total. The quantitative estimate of drug-likeness (QED) is 0.322. The minimum atomic E-state index is -1.25. The molecule has 0 aliphatic carbocycles. The normalized spacial score (nSPS) is 13.6. The molecule has 39 heavy (non-hydrogen) atoms. The van der Waals surface area contributed by atoms with E-state index in [2.05, 4.69) is 10.6 Å². The van der Waals surface area contributed by atoms with Gasteiger partial charge >= 0.3 is 6.09 Å². The molecule has 9 nitrogen and oxygen atoms in total. The van der Waals surface area contributed by atoms with E-state index < -0.39 is 42.2 Å². The summed E-state index contributed by atoms with van der Waals surface area (Å²) < 4.78 is 5.41. The number of carbonyl (C=O) groups is 3. The number of nitrogens with zero attached hydrogens (tertiary/aromatic N) is 1. The van der Waals surface area contributed by atoms with Crippen LogP contribution in [0.2, 0.25) is 0 Å². The molecule has 9 heteroatoms. The van der Waals surface area contributed by atoms with Crippen LogP contribution in [0.15, 0.2) is 48.5 Å². The lowest BCUT2D eigenvalue weighted by Crippen LogP contribution is -2.55. The zero-order valence-corrected chi connectivity index (χ0v) is 23.9. The molecule has 0 spiro atoms. The van der Waals surface area contributed by atoms with Crippen LogP contribution < -0.4 is 10.6 Å². The smallest absolute Gasteiger partial charge is 0.408 e. The molecule has 3 unspecified atom stereocenters. The van der Waals surface area contributed by atoms with Gasteiger partial charge in [0.15, 0.2) is 0 Å². The fourth-order valence-electron chi connectivity index (χ4n) is 4.35. The summed E-state index contributed by atoms with van der Waals surface area (Å²) in [5, 5.41) is 26.5. The summed E-state index contributed by atoms with van der Waals surface area (Å²) in [4.78, 5) is 41.8. The number of nitrogens with one attached hydrogen (secondary N) is 2. The average molecular weight is 542 g/mol. The fraction of sp³-hybridized carbons (Fsp3) is 0.500. The van der Waals surface area contributed by atoms with E-state index in [9.17, 15) is 24.6 Å². The molecule has 3 atom stereocenters. The fourth-order valence-corrected chi connectivity index (χ4v) is 4.35. The summed E-state index contributed by atoms with van der Waals surface area (Å²) >= 11 is 0. The zero-order valence-electron chi connectivity index (χ0n) is 23.9. The topological polar surface area (TPSA) is 128 Å². The molecule has 0 fully saturated rings. The van der Waals surface area contributed by atoms with Crippen LogP contribution in [0.4, 0.5) is 4.79 Å². The Kier molecular flexibility index (Phi) is 11.8. The van der Waals surface area contributed by atoms with Crippen LogP contribution in [0.3, 0.4) is 0 Å². The van der Waals surface area contributed by atoms with E-state index in [1.807, 2.05) is 44.2 Å². The highest BCUT2D eigenvalue weighted by Gasteiger charge is 2.38. The maximum absolute atomic E-state index is 14.1. The number of amides is 3. The van der Waals surface area contributed by atoms with Crippen molar-refractivity contribution in [2.75, 3.05) is 13.2 Å². The number of aliphatic hydroxyl groups is 1. The first-order valence-corrected chi connectivity index (χ1v) is 13.4. The first-order valence-electron chi connectivity index (χ1n) is 13.4. The number of carbonyl (C=O) groups excluding carboxylic acids is 3. The standard InChI is InChI=1S/C30H43N3O6/c1-7-12-21(3)31-27(36)25(23-16-11-13-20(2)26(23)35)33(17-18-34)28(37)24(19-22-14-9-8-10-15-22)32-29(38)39-30(4,5)6/h8-11,13-16,21,24-25,34-35H,7,12,17-19H2,1-6H3,(H,31,36)(H,32,38). The van der Waals surface area contributed by atoms with Crippen molar-refractivity contribution in [1.29, 1.82) is 0 Å². The number of benzene rings is 2. The van der Waals surface area contributed by atoms with Gasteiger partial charge in [-0.25, -0.2) is 4.79 Å². The molecular weight excluding hydrogens is 498 g/mol. The lowest BCUT2D eigenvalue weighted by atomic mass is 9.97. The summed E-state index contributed by atoms with van der Waals surface area (Å²) in [5.41, 5.74) is 0.761. The van der Waals surface area contributed by atoms with Crippen molar-refractivity contribution >= 4 is 17.9 Å². The minimum absolute atomic E-state index is 0.115. The van der Waals surface area contributed by atoms with Crippen LogP contribution in [0.25, 0.3) is 0 Å². The lowest BCUT2D eigenvalue weighted by Gasteiger charge is -2.35. The molecule has 0 saturated heterocycles. The lowest BCUT2D eigenvalue weighted by molar-refractivity contribution is -0.143. The van der Waals surface area contributed by atoms with Gasteiger partial charge in [-0.3, -0.25) is 9.59 Å². The van der Waals surface area contributed by atoms with Crippen molar-refractivity contribution in [3.8, 4) is 5.75 Å². The molecule has 3 amide bonds. The van der Waals surface area contributed by atoms with E-state index in [0.29, 0.717) is 5.56 Å². The maximum Gasteiger partial charge on any atom is 0.408 e. The van der Waals surface area contributed by atoms with Gasteiger partial charge in [0.25, 0.3) is 0 Å². The Morgan fingerprint density at radius 2 is 1.69 bits per heavy atom. The van der Waals surface area contributed by atoms with Gasteiger partial charge in [-0.05, 0) is 52.2 Å². The third kappa shape index (κ3) is 9.58. The van der Waals surface area contributed by atoms with E-state index >= 15 is 0 Å². The van der Waals surface area contributed by atoms with Crippen molar-refractivity contribution in [3.63, 3.8) is 0 Å². The Balaban J connectivity index is 2.56. The number of aromatic hydroxyl groups is 1. The summed E-state index contributed by atoms with van der Waals surface area (Å²) in [7, 11) is 0. The molecule has 0 radical (unpaired) electrons. The highest BCUT2D eigenvalue weighted by atomic mass is 16.6. The van der Waals surface area contributed by atoms with Crippen LogP contribution in [0.1, 0.15) is 70.2 Å². The van der Waals surface area contributed by atoms with Crippen molar-refractivity contribution in [1.82, 2.24) is 15.5 Å². The Morgan fingerprint density at radius 1 is 1.03 bits per heavy atom. The Labute approximate surface area is 231 Å². The van der Waals surface area contributed by atoms with Gasteiger partial charge in [-0.1, -0.05) is 61.9 Å². The van der Waals surface area contributed by atoms with Crippen LogP contribution in [-0.4, -0.2) is 63.9 Å². The summed E-state index contributed by atoms with van der Waals surface area (Å²) in [5.74, 6) is -1.20. The number of rotatable bonds is 12. The number of para-hydroxylation sites is 1. The average Bonchev–Trinajstić information content (AvgIpc) is 2.85.